The molecule has 134 valence electrons. The van der Waals surface area contributed by atoms with Crippen LogP contribution in [0.15, 0.2) is 47.4 Å². The van der Waals surface area contributed by atoms with E-state index < -0.39 is 15.9 Å². The third kappa shape index (κ3) is 4.94. The molecule has 0 aromatic heterocycles. The molecular formula is C17H19ClN2O4S. The van der Waals surface area contributed by atoms with Gasteiger partial charge in [-0.3, -0.25) is 4.79 Å². The molecule has 0 radical (unpaired) electrons. The zero-order valence-corrected chi connectivity index (χ0v) is 15.6. The fourth-order valence-electron chi connectivity index (χ4n) is 2.13. The molecule has 2 rings (SSSR count). The second-order valence-corrected chi connectivity index (χ2v) is 7.75. The van der Waals surface area contributed by atoms with E-state index in [0.29, 0.717) is 16.3 Å². The highest BCUT2D eigenvalue weighted by Crippen LogP contribution is 2.28. The molecule has 0 atom stereocenters. The number of benzene rings is 2. The monoisotopic (exact) mass is 382 g/mol. The zero-order valence-electron chi connectivity index (χ0n) is 14.0. The minimum Gasteiger partial charge on any atom is -0.495 e. The van der Waals surface area contributed by atoms with Crippen LogP contribution in [0.2, 0.25) is 5.02 Å². The summed E-state index contributed by atoms with van der Waals surface area (Å²) in [5, 5.41) is 3.18. The second kappa shape index (κ2) is 7.86. The number of carbonyl (C=O) groups is 1. The Morgan fingerprint density at radius 1 is 1.12 bits per heavy atom. The Kier molecular flexibility index (Phi) is 6.05. The summed E-state index contributed by atoms with van der Waals surface area (Å²) in [6, 6.07) is 10.4. The van der Waals surface area contributed by atoms with Crippen molar-refractivity contribution in [1.82, 2.24) is 4.72 Å². The Morgan fingerprint density at radius 2 is 1.76 bits per heavy atom. The van der Waals surface area contributed by atoms with Crippen molar-refractivity contribution in [1.29, 1.82) is 0 Å². The van der Waals surface area contributed by atoms with E-state index >= 15 is 0 Å². The molecule has 0 aliphatic carbocycles. The smallest absolute Gasteiger partial charge is 0.255 e. The van der Waals surface area contributed by atoms with E-state index in [0.717, 1.165) is 0 Å². The number of carbonyl (C=O) groups excluding carboxylic acids is 1. The average molecular weight is 383 g/mol. The van der Waals surface area contributed by atoms with Gasteiger partial charge >= 0.3 is 0 Å². The van der Waals surface area contributed by atoms with Gasteiger partial charge in [0.2, 0.25) is 10.0 Å². The van der Waals surface area contributed by atoms with Crippen LogP contribution in [0.4, 0.5) is 5.69 Å². The summed E-state index contributed by atoms with van der Waals surface area (Å²) in [6.45, 7) is 3.45. The molecule has 2 aromatic rings. The lowest BCUT2D eigenvalue weighted by Gasteiger charge is -2.14. The second-order valence-electron chi connectivity index (χ2n) is 5.60. The van der Waals surface area contributed by atoms with Crippen molar-refractivity contribution in [2.75, 3.05) is 12.4 Å². The van der Waals surface area contributed by atoms with E-state index in [2.05, 4.69) is 10.0 Å². The first-order valence-corrected chi connectivity index (χ1v) is 9.36. The van der Waals surface area contributed by atoms with Crippen molar-refractivity contribution >= 4 is 33.2 Å². The summed E-state index contributed by atoms with van der Waals surface area (Å²) < 4.78 is 32.3. The Morgan fingerprint density at radius 3 is 2.32 bits per heavy atom. The first-order chi connectivity index (χ1) is 11.7. The summed E-state index contributed by atoms with van der Waals surface area (Å²) in [4.78, 5) is 12.4. The van der Waals surface area contributed by atoms with Crippen molar-refractivity contribution in [3.05, 3.63) is 53.1 Å². The summed E-state index contributed by atoms with van der Waals surface area (Å²) in [7, 11) is -2.25. The van der Waals surface area contributed by atoms with Crippen LogP contribution in [-0.4, -0.2) is 27.5 Å². The van der Waals surface area contributed by atoms with Crippen LogP contribution in [0.3, 0.4) is 0 Å². The third-order valence-corrected chi connectivity index (χ3v) is 5.13. The normalized spacial score (nSPS) is 11.4. The fourth-order valence-corrected chi connectivity index (χ4v) is 3.53. The van der Waals surface area contributed by atoms with Gasteiger partial charge in [0.25, 0.3) is 5.91 Å². The summed E-state index contributed by atoms with van der Waals surface area (Å²) in [6.07, 6.45) is 0. The maximum absolute atomic E-state index is 12.4. The number of anilines is 1. The van der Waals surface area contributed by atoms with Gasteiger partial charge in [0.1, 0.15) is 5.75 Å². The molecular weight excluding hydrogens is 364 g/mol. The fraction of sp³-hybridized carbons (Fsp3) is 0.235. The van der Waals surface area contributed by atoms with E-state index in [4.69, 9.17) is 16.3 Å². The maximum Gasteiger partial charge on any atom is 0.255 e. The van der Waals surface area contributed by atoms with Crippen molar-refractivity contribution in [2.45, 2.75) is 24.8 Å². The topological polar surface area (TPSA) is 84.5 Å². The average Bonchev–Trinajstić information content (AvgIpc) is 2.54. The Bertz CT molecular complexity index is 865. The molecule has 25 heavy (non-hydrogen) atoms. The lowest BCUT2D eigenvalue weighted by molar-refractivity contribution is 0.102. The minimum absolute atomic E-state index is 0.0356. The molecule has 2 aromatic carbocycles. The van der Waals surface area contributed by atoms with Gasteiger partial charge in [-0.2, -0.15) is 0 Å². The summed E-state index contributed by atoms with van der Waals surface area (Å²) >= 11 is 5.81. The number of nitrogens with one attached hydrogen (secondary N) is 2. The molecule has 0 fully saturated rings. The quantitative estimate of drug-likeness (QED) is 0.802. The number of amides is 1. The minimum atomic E-state index is -3.69. The van der Waals surface area contributed by atoms with Crippen LogP contribution >= 0.6 is 11.6 Å². The van der Waals surface area contributed by atoms with Gasteiger partial charge in [-0.05, 0) is 56.3 Å². The number of hydrogen-bond acceptors (Lipinski definition) is 4. The Balaban J connectivity index is 2.34. The van der Waals surface area contributed by atoms with Crippen LogP contribution in [0.5, 0.6) is 5.75 Å². The van der Waals surface area contributed by atoms with E-state index in [1.165, 1.54) is 25.3 Å². The van der Waals surface area contributed by atoms with E-state index in [9.17, 15) is 13.2 Å². The number of sulfonamides is 1. The molecule has 0 heterocycles. The largest absolute Gasteiger partial charge is 0.495 e. The van der Waals surface area contributed by atoms with E-state index in [-0.39, 0.29) is 16.6 Å². The highest BCUT2D eigenvalue weighted by atomic mass is 35.5. The van der Waals surface area contributed by atoms with Crippen LogP contribution in [0.1, 0.15) is 24.2 Å². The number of methoxy groups -OCH3 is 1. The van der Waals surface area contributed by atoms with Crippen molar-refractivity contribution in [3.63, 3.8) is 0 Å². The van der Waals surface area contributed by atoms with E-state index in [1.54, 1.807) is 38.1 Å². The third-order valence-electron chi connectivity index (χ3n) is 3.23. The molecule has 0 aliphatic rings. The van der Waals surface area contributed by atoms with Gasteiger partial charge in [0.05, 0.1) is 17.7 Å². The molecule has 0 spiro atoms. The number of ether oxygens (including phenoxy) is 1. The van der Waals surface area contributed by atoms with Crippen molar-refractivity contribution < 1.29 is 17.9 Å². The predicted octanol–water partition coefficient (Wildman–Crippen LogP) is 3.29. The lowest BCUT2D eigenvalue weighted by Crippen LogP contribution is -2.30. The van der Waals surface area contributed by atoms with Crippen LogP contribution in [-0.2, 0) is 10.0 Å². The van der Waals surface area contributed by atoms with Gasteiger partial charge < -0.3 is 10.1 Å². The number of halogens is 1. The number of hydrogen-bond donors (Lipinski definition) is 2. The maximum atomic E-state index is 12.4. The highest BCUT2D eigenvalue weighted by Gasteiger charge is 2.18. The van der Waals surface area contributed by atoms with Crippen LogP contribution in [0, 0.1) is 0 Å². The molecule has 1 amide bonds. The van der Waals surface area contributed by atoms with Gasteiger partial charge in [0.15, 0.2) is 0 Å². The predicted molar refractivity (Wildman–Crippen MR) is 97.9 cm³/mol. The van der Waals surface area contributed by atoms with Gasteiger partial charge in [0, 0.05) is 16.6 Å². The molecule has 0 unspecified atom stereocenters. The van der Waals surface area contributed by atoms with Gasteiger partial charge in [-0.15, -0.1) is 0 Å². The standard InChI is InChI=1S/C17H19ClN2O4S/c1-11(2)20-25(22,23)14-8-9-16(24-3)15(10-14)19-17(21)12-4-6-13(18)7-5-12/h4-11,20H,1-3H3,(H,19,21). The van der Waals surface area contributed by atoms with Crippen molar-refractivity contribution in [3.8, 4) is 5.75 Å². The van der Waals surface area contributed by atoms with Gasteiger partial charge in [-0.25, -0.2) is 13.1 Å². The molecule has 2 N–H and O–H groups in total. The highest BCUT2D eigenvalue weighted by molar-refractivity contribution is 7.89. The summed E-state index contributed by atoms with van der Waals surface area (Å²) in [5.41, 5.74) is 0.647. The molecule has 0 aliphatic heterocycles. The van der Waals surface area contributed by atoms with Crippen LogP contribution < -0.4 is 14.8 Å². The Labute approximate surface area is 152 Å². The zero-order chi connectivity index (χ0) is 18.6. The molecule has 0 saturated heterocycles. The molecule has 0 bridgehead atoms. The van der Waals surface area contributed by atoms with Crippen molar-refractivity contribution in [2.24, 2.45) is 0 Å². The van der Waals surface area contributed by atoms with Crippen LogP contribution in [0.25, 0.3) is 0 Å². The molecule has 8 heteroatoms. The van der Waals surface area contributed by atoms with E-state index in [1.807, 2.05) is 0 Å². The van der Waals surface area contributed by atoms with Gasteiger partial charge in [-0.1, -0.05) is 11.6 Å². The number of rotatable bonds is 6. The first-order valence-electron chi connectivity index (χ1n) is 7.50. The summed E-state index contributed by atoms with van der Waals surface area (Å²) in [5.74, 6) is -0.0489. The Hall–Kier alpha value is -2.09. The molecule has 0 saturated carbocycles. The molecule has 6 nitrogen and oxygen atoms in total. The SMILES string of the molecule is COc1ccc(S(=O)(=O)NC(C)C)cc1NC(=O)c1ccc(Cl)cc1. The first kappa shape index (κ1) is 19.2. The lowest BCUT2D eigenvalue weighted by atomic mass is 10.2.